The van der Waals surface area contributed by atoms with Crippen molar-refractivity contribution in [1.29, 1.82) is 0 Å². The number of hydrogen-bond acceptors (Lipinski definition) is 3. The summed E-state index contributed by atoms with van der Waals surface area (Å²) in [5.74, 6) is 0. The van der Waals surface area contributed by atoms with E-state index >= 15 is 0 Å². The first-order valence-electron chi connectivity index (χ1n) is 11.3. The molecule has 164 valence electrons. The van der Waals surface area contributed by atoms with Crippen molar-refractivity contribution in [1.82, 2.24) is 0 Å². The number of nitrogens with zero attached hydrogens (tertiary/aromatic N) is 1. The van der Waals surface area contributed by atoms with E-state index < -0.39 is 7.12 Å². The van der Waals surface area contributed by atoms with E-state index in [1.807, 2.05) is 42.5 Å². The van der Waals surface area contributed by atoms with Crippen molar-refractivity contribution in [2.45, 2.75) is 0 Å². The van der Waals surface area contributed by atoms with Gasteiger partial charge in [0.15, 0.2) is 0 Å². The van der Waals surface area contributed by atoms with Gasteiger partial charge in [-0.25, -0.2) is 0 Å². The van der Waals surface area contributed by atoms with Crippen LogP contribution in [0, 0.1) is 0 Å². The van der Waals surface area contributed by atoms with Crippen LogP contribution in [0.1, 0.15) is 0 Å². The molecule has 0 aliphatic rings. The fourth-order valence-corrected chi connectivity index (χ4v) is 4.19. The van der Waals surface area contributed by atoms with Crippen molar-refractivity contribution in [2.24, 2.45) is 0 Å². The highest BCUT2D eigenvalue weighted by atomic mass is 16.4. The van der Waals surface area contributed by atoms with Gasteiger partial charge in [0.25, 0.3) is 0 Å². The Kier molecular flexibility index (Phi) is 6.26. The Bertz CT molecular complexity index is 1360. The lowest BCUT2D eigenvalue weighted by Crippen LogP contribution is -2.29. The molecular weight excluding hydrogens is 417 g/mol. The molecule has 0 amide bonds. The summed E-state index contributed by atoms with van der Waals surface area (Å²) < 4.78 is 0. The van der Waals surface area contributed by atoms with Crippen LogP contribution in [-0.4, -0.2) is 17.2 Å². The Morgan fingerprint density at radius 2 is 1.00 bits per heavy atom. The maximum Gasteiger partial charge on any atom is 0.488 e. The van der Waals surface area contributed by atoms with Crippen molar-refractivity contribution in [2.75, 3.05) is 4.90 Å². The van der Waals surface area contributed by atoms with Crippen LogP contribution < -0.4 is 10.4 Å². The lowest BCUT2D eigenvalue weighted by atomic mass is 9.80. The highest BCUT2D eigenvalue weighted by Gasteiger charge is 2.19. The van der Waals surface area contributed by atoms with Crippen molar-refractivity contribution >= 4 is 29.6 Å². The van der Waals surface area contributed by atoms with E-state index in [0.29, 0.717) is 5.46 Å². The minimum absolute atomic E-state index is 0.458. The second kappa shape index (κ2) is 9.80. The molecule has 5 aromatic rings. The van der Waals surface area contributed by atoms with Crippen LogP contribution in [0.5, 0.6) is 0 Å². The van der Waals surface area contributed by atoms with Crippen LogP contribution in [0.4, 0.5) is 17.1 Å². The van der Waals surface area contributed by atoms with Crippen LogP contribution in [0.15, 0.2) is 133 Å². The van der Waals surface area contributed by atoms with Crippen molar-refractivity contribution in [3.63, 3.8) is 0 Å². The number of rotatable bonds is 6. The smallest absolute Gasteiger partial charge is 0.423 e. The van der Waals surface area contributed by atoms with Crippen LogP contribution in [0.3, 0.4) is 0 Å². The summed E-state index contributed by atoms with van der Waals surface area (Å²) in [6.07, 6.45) is 0. The molecule has 34 heavy (non-hydrogen) atoms. The highest BCUT2D eigenvalue weighted by molar-refractivity contribution is 6.58. The lowest BCUT2D eigenvalue weighted by molar-refractivity contribution is 0.426. The minimum Gasteiger partial charge on any atom is -0.423 e. The summed E-state index contributed by atoms with van der Waals surface area (Å²) in [5.41, 5.74) is 7.99. The number of para-hydroxylation sites is 1. The first-order valence-corrected chi connectivity index (χ1v) is 11.3. The molecule has 0 aromatic heterocycles. The summed E-state index contributed by atoms with van der Waals surface area (Å²) in [7, 11) is -1.50. The third kappa shape index (κ3) is 4.51. The van der Waals surface area contributed by atoms with Gasteiger partial charge in [-0.05, 0) is 58.6 Å². The van der Waals surface area contributed by atoms with Gasteiger partial charge in [-0.15, -0.1) is 0 Å². The normalized spacial score (nSPS) is 10.6. The maximum absolute atomic E-state index is 9.56. The quantitative estimate of drug-likeness (QED) is 0.310. The molecule has 0 atom stereocenters. The van der Waals surface area contributed by atoms with Gasteiger partial charge >= 0.3 is 7.12 Å². The monoisotopic (exact) mass is 441 g/mol. The Hall–Kier alpha value is -4.12. The molecule has 0 saturated carbocycles. The molecule has 0 bridgehead atoms. The van der Waals surface area contributed by atoms with Gasteiger partial charge in [0.1, 0.15) is 0 Å². The van der Waals surface area contributed by atoms with Gasteiger partial charge in [-0.1, -0.05) is 97.1 Å². The molecule has 0 aliphatic carbocycles. The average molecular weight is 441 g/mol. The molecule has 0 fully saturated rings. The fraction of sp³-hybridized carbons (Fsp3) is 0. The molecule has 3 nitrogen and oxygen atoms in total. The molecule has 5 rings (SSSR count). The van der Waals surface area contributed by atoms with Crippen LogP contribution in [-0.2, 0) is 0 Å². The predicted molar refractivity (Wildman–Crippen MR) is 142 cm³/mol. The summed E-state index contributed by atoms with van der Waals surface area (Å²) >= 11 is 0. The number of hydrogen-bond donors (Lipinski definition) is 2. The zero-order valence-corrected chi connectivity index (χ0v) is 18.6. The zero-order chi connectivity index (χ0) is 23.3. The average Bonchev–Trinajstić information content (AvgIpc) is 2.91. The molecule has 0 unspecified atom stereocenters. The first-order chi connectivity index (χ1) is 16.7. The summed E-state index contributed by atoms with van der Waals surface area (Å²) in [4.78, 5) is 2.20. The van der Waals surface area contributed by atoms with E-state index in [1.54, 1.807) is 12.1 Å². The van der Waals surface area contributed by atoms with Gasteiger partial charge in [0.2, 0.25) is 0 Å². The van der Waals surface area contributed by atoms with E-state index in [9.17, 15) is 10.0 Å². The van der Waals surface area contributed by atoms with Crippen molar-refractivity contribution in [3.8, 4) is 22.3 Å². The van der Waals surface area contributed by atoms with Gasteiger partial charge < -0.3 is 14.9 Å². The van der Waals surface area contributed by atoms with E-state index in [-0.39, 0.29) is 0 Å². The van der Waals surface area contributed by atoms with Gasteiger partial charge in [0.05, 0.1) is 5.69 Å². The zero-order valence-electron chi connectivity index (χ0n) is 18.6. The Labute approximate surface area is 200 Å². The third-order valence-corrected chi connectivity index (χ3v) is 5.89. The molecule has 0 heterocycles. The van der Waals surface area contributed by atoms with Gasteiger partial charge in [-0.2, -0.15) is 0 Å². The lowest BCUT2D eigenvalue weighted by Gasteiger charge is -2.28. The Morgan fingerprint density at radius 3 is 1.59 bits per heavy atom. The van der Waals surface area contributed by atoms with Crippen molar-refractivity contribution < 1.29 is 10.0 Å². The largest absolute Gasteiger partial charge is 0.488 e. The first kappa shape index (κ1) is 21.7. The molecule has 0 saturated heterocycles. The van der Waals surface area contributed by atoms with Gasteiger partial charge in [0, 0.05) is 16.9 Å². The van der Waals surface area contributed by atoms with E-state index in [1.165, 1.54) is 5.56 Å². The Morgan fingerprint density at radius 1 is 0.471 bits per heavy atom. The second-order valence-corrected chi connectivity index (χ2v) is 8.10. The number of benzene rings is 5. The molecule has 2 N–H and O–H groups in total. The van der Waals surface area contributed by atoms with E-state index in [2.05, 4.69) is 83.8 Å². The topological polar surface area (TPSA) is 43.7 Å². The molecule has 5 aromatic carbocycles. The minimum atomic E-state index is -1.50. The standard InChI is InChI=1S/C30H24BNO2/c33-31(34)26-17-19-28(20-18-26)32(27-14-8-3-9-15-27)30-21-16-25(23-10-4-1-5-11-23)22-29(30)24-12-6-2-7-13-24/h1-22,33-34H. The molecule has 0 radical (unpaired) electrons. The van der Waals surface area contributed by atoms with Crippen LogP contribution in [0.25, 0.3) is 22.3 Å². The molecule has 4 heteroatoms. The number of anilines is 3. The summed E-state index contributed by atoms with van der Waals surface area (Å²) in [6, 6.07) is 44.9. The molecular formula is C30H24BNO2. The highest BCUT2D eigenvalue weighted by Crippen LogP contribution is 2.42. The molecule has 0 spiro atoms. The maximum atomic E-state index is 9.56. The summed E-state index contributed by atoms with van der Waals surface area (Å²) in [6.45, 7) is 0. The van der Waals surface area contributed by atoms with Crippen LogP contribution >= 0.6 is 0 Å². The Balaban J connectivity index is 1.72. The van der Waals surface area contributed by atoms with E-state index in [4.69, 9.17) is 0 Å². The summed E-state index contributed by atoms with van der Waals surface area (Å²) in [5, 5.41) is 19.1. The van der Waals surface area contributed by atoms with Crippen LogP contribution in [0.2, 0.25) is 0 Å². The second-order valence-electron chi connectivity index (χ2n) is 8.10. The van der Waals surface area contributed by atoms with E-state index in [0.717, 1.165) is 33.8 Å². The van der Waals surface area contributed by atoms with Gasteiger partial charge in [-0.3, -0.25) is 0 Å². The SMILES string of the molecule is OB(O)c1ccc(N(c2ccccc2)c2ccc(-c3ccccc3)cc2-c2ccccc2)cc1. The fourth-order valence-electron chi connectivity index (χ4n) is 4.19. The predicted octanol–water partition coefficient (Wildman–Crippen LogP) is 6.17. The van der Waals surface area contributed by atoms with Crippen molar-refractivity contribution in [3.05, 3.63) is 133 Å². The third-order valence-electron chi connectivity index (χ3n) is 5.89. The molecule has 0 aliphatic heterocycles.